The summed E-state index contributed by atoms with van der Waals surface area (Å²) in [6, 6.07) is 0. The Balaban J connectivity index is 2.29. The van der Waals surface area contributed by atoms with Crippen LogP contribution in [0.3, 0.4) is 0 Å². The summed E-state index contributed by atoms with van der Waals surface area (Å²) in [7, 11) is -2.83. The van der Waals surface area contributed by atoms with Crippen molar-refractivity contribution >= 4 is 38.4 Å². The molecule has 0 saturated carbocycles. The molecule has 0 amide bonds. The van der Waals surface area contributed by atoms with Gasteiger partial charge in [0.15, 0.2) is 0 Å². The Morgan fingerprint density at radius 3 is 3.00 bits per heavy atom. The van der Waals surface area contributed by atoms with Crippen molar-refractivity contribution in [2.45, 2.75) is 5.75 Å². The molecule has 0 atom stereocenters. The summed E-state index contributed by atoms with van der Waals surface area (Å²) in [5, 5.41) is 4.88. The van der Waals surface area contributed by atoms with E-state index in [0.29, 0.717) is 12.3 Å². The maximum atomic E-state index is 10.8. The van der Waals surface area contributed by atoms with E-state index in [1.165, 1.54) is 7.05 Å². The lowest BCUT2D eigenvalue weighted by Gasteiger charge is -2.01. The van der Waals surface area contributed by atoms with E-state index in [1.807, 2.05) is 5.38 Å². The zero-order valence-electron chi connectivity index (χ0n) is 9.16. The van der Waals surface area contributed by atoms with Crippen LogP contribution in [0.25, 0.3) is 0 Å². The molecule has 0 aliphatic heterocycles. The standard InChI is InChI=1S/C8H13N3O3S3/c1-9-8(17(12,13)14)11-2-4-15-6-7-10-3-5-16-7/h3,5H,2,4,6H2,1H3,(H,9,11)(H,12,13,14). The van der Waals surface area contributed by atoms with Crippen molar-refractivity contribution < 1.29 is 13.0 Å². The summed E-state index contributed by atoms with van der Waals surface area (Å²) in [6.07, 6.45) is 1.75. The molecule has 1 aromatic heterocycles. The fourth-order valence-electron chi connectivity index (χ4n) is 0.985. The van der Waals surface area contributed by atoms with Gasteiger partial charge in [0.2, 0.25) is 5.17 Å². The number of thioether (sulfide) groups is 1. The van der Waals surface area contributed by atoms with Gasteiger partial charge in [-0.2, -0.15) is 20.2 Å². The summed E-state index contributed by atoms with van der Waals surface area (Å²) in [5.41, 5.74) is 0. The first-order valence-corrected chi connectivity index (χ1v) is 8.17. The van der Waals surface area contributed by atoms with E-state index in [2.05, 4.69) is 15.3 Å². The normalized spacial score (nSPS) is 12.7. The highest BCUT2D eigenvalue weighted by Crippen LogP contribution is 2.13. The summed E-state index contributed by atoms with van der Waals surface area (Å²) in [4.78, 5) is 7.88. The van der Waals surface area contributed by atoms with E-state index < -0.39 is 15.3 Å². The molecule has 0 bridgehead atoms. The minimum Gasteiger partial charge on any atom is -0.362 e. The zero-order chi connectivity index (χ0) is 12.7. The van der Waals surface area contributed by atoms with Crippen LogP contribution >= 0.6 is 23.1 Å². The highest BCUT2D eigenvalue weighted by molar-refractivity contribution is 8.01. The lowest BCUT2D eigenvalue weighted by atomic mass is 10.8. The molecule has 17 heavy (non-hydrogen) atoms. The van der Waals surface area contributed by atoms with Gasteiger partial charge in [-0.3, -0.25) is 9.55 Å². The predicted molar refractivity (Wildman–Crippen MR) is 71.2 cm³/mol. The Labute approximate surface area is 108 Å². The van der Waals surface area contributed by atoms with Gasteiger partial charge < -0.3 is 5.32 Å². The molecule has 2 N–H and O–H groups in total. The fourth-order valence-corrected chi connectivity index (χ4v) is 3.03. The third kappa shape index (κ3) is 5.48. The molecule has 0 unspecified atom stereocenters. The monoisotopic (exact) mass is 295 g/mol. The molecule has 0 aliphatic rings. The highest BCUT2D eigenvalue weighted by atomic mass is 32.2. The van der Waals surface area contributed by atoms with Gasteiger partial charge in [-0.1, -0.05) is 0 Å². The fraction of sp³-hybridized carbons (Fsp3) is 0.500. The Kier molecular flexibility index (Phi) is 5.89. The van der Waals surface area contributed by atoms with Gasteiger partial charge in [0.05, 0.1) is 6.54 Å². The lowest BCUT2D eigenvalue weighted by Crippen LogP contribution is -2.28. The molecule has 0 spiro atoms. The Bertz CT molecular complexity index is 456. The average molecular weight is 295 g/mol. The maximum absolute atomic E-state index is 10.8. The minimum atomic E-state index is -4.23. The van der Waals surface area contributed by atoms with Gasteiger partial charge >= 0.3 is 10.1 Å². The van der Waals surface area contributed by atoms with Crippen LogP contribution in [0.1, 0.15) is 5.01 Å². The number of aliphatic imine (C=N–C) groups is 1. The molecule has 0 aliphatic carbocycles. The summed E-state index contributed by atoms with van der Waals surface area (Å²) in [5.74, 6) is 1.45. The first-order valence-electron chi connectivity index (χ1n) is 4.70. The largest absolute Gasteiger partial charge is 0.362 e. The number of amidine groups is 1. The highest BCUT2D eigenvalue weighted by Gasteiger charge is 2.12. The predicted octanol–water partition coefficient (Wildman–Crippen LogP) is 0.839. The summed E-state index contributed by atoms with van der Waals surface area (Å²) < 4.78 is 30.3. The van der Waals surface area contributed by atoms with Gasteiger partial charge in [0.25, 0.3) is 0 Å². The van der Waals surface area contributed by atoms with Crippen molar-refractivity contribution in [1.82, 2.24) is 10.3 Å². The lowest BCUT2D eigenvalue weighted by molar-refractivity contribution is 0.496. The van der Waals surface area contributed by atoms with Crippen LogP contribution in [-0.4, -0.2) is 42.5 Å². The van der Waals surface area contributed by atoms with E-state index in [9.17, 15) is 8.42 Å². The molecule has 9 heteroatoms. The second-order valence-electron chi connectivity index (χ2n) is 2.89. The molecule has 0 aromatic carbocycles. The first kappa shape index (κ1) is 14.4. The number of nitrogens with one attached hydrogen (secondary N) is 1. The van der Waals surface area contributed by atoms with Gasteiger partial charge in [0, 0.05) is 30.1 Å². The maximum Gasteiger partial charge on any atom is 0.327 e. The van der Waals surface area contributed by atoms with Crippen molar-refractivity contribution in [3.63, 3.8) is 0 Å². The molecule has 0 fully saturated rings. The Hall–Kier alpha value is -0.640. The number of hydrogen-bond donors (Lipinski definition) is 2. The van der Waals surface area contributed by atoms with Gasteiger partial charge in [-0.15, -0.1) is 11.3 Å². The van der Waals surface area contributed by atoms with Crippen molar-refractivity contribution in [2.75, 3.05) is 19.3 Å². The number of rotatable bonds is 5. The Morgan fingerprint density at radius 2 is 2.47 bits per heavy atom. The second-order valence-corrected chi connectivity index (χ2v) is 6.31. The molecule has 1 aromatic rings. The van der Waals surface area contributed by atoms with Crippen molar-refractivity contribution in [1.29, 1.82) is 0 Å². The van der Waals surface area contributed by atoms with Gasteiger partial charge in [-0.05, 0) is 0 Å². The third-order valence-electron chi connectivity index (χ3n) is 1.66. The van der Waals surface area contributed by atoms with Crippen LogP contribution < -0.4 is 5.32 Å². The van der Waals surface area contributed by atoms with E-state index >= 15 is 0 Å². The van der Waals surface area contributed by atoms with Crippen LogP contribution in [0.2, 0.25) is 0 Å². The molecular weight excluding hydrogens is 282 g/mol. The molecule has 1 rings (SSSR count). The molecule has 0 radical (unpaired) electrons. The molecule has 96 valence electrons. The second kappa shape index (κ2) is 6.94. The Morgan fingerprint density at radius 1 is 1.71 bits per heavy atom. The molecule has 0 saturated heterocycles. The SMILES string of the molecule is CN/C(=N\CCSCc1nccs1)S(=O)(=O)O. The first-order chi connectivity index (χ1) is 8.04. The van der Waals surface area contributed by atoms with Crippen molar-refractivity contribution in [3.05, 3.63) is 16.6 Å². The molecule has 6 nitrogen and oxygen atoms in total. The minimum absolute atomic E-state index is 0.325. The van der Waals surface area contributed by atoms with Gasteiger partial charge in [0.1, 0.15) is 5.01 Å². The number of hydrogen-bond acceptors (Lipinski definition) is 6. The smallest absolute Gasteiger partial charge is 0.327 e. The van der Waals surface area contributed by atoms with Crippen LogP contribution in [-0.2, 0) is 15.9 Å². The summed E-state index contributed by atoms with van der Waals surface area (Å²) >= 11 is 3.19. The number of thiazole rings is 1. The van der Waals surface area contributed by atoms with E-state index in [-0.39, 0.29) is 0 Å². The molecule has 1 heterocycles. The van der Waals surface area contributed by atoms with Crippen molar-refractivity contribution in [2.24, 2.45) is 4.99 Å². The van der Waals surface area contributed by atoms with Crippen LogP contribution in [0.15, 0.2) is 16.6 Å². The van der Waals surface area contributed by atoms with Crippen molar-refractivity contribution in [3.8, 4) is 0 Å². The quantitative estimate of drug-likeness (QED) is 0.362. The van der Waals surface area contributed by atoms with Crippen LogP contribution in [0, 0.1) is 0 Å². The van der Waals surface area contributed by atoms with E-state index in [0.717, 1.165) is 10.8 Å². The third-order valence-corrected chi connectivity index (χ3v) is 4.39. The van der Waals surface area contributed by atoms with E-state index in [1.54, 1.807) is 29.3 Å². The molecular formula is C8H13N3O3S3. The number of aromatic nitrogens is 1. The van der Waals surface area contributed by atoms with Crippen LogP contribution in [0.4, 0.5) is 0 Å². The van der Waals surface area contributed by atoms with E-state index in [4.69, 9.17) is 4.55 Å². The topological polar surface area (TPSA) is 91.7 Å². The summed E-state index contributed by atoms with van der Waals surface area (Å²) in [6.45, 7) is 0.325. The number of nitrogens with zero attached hydrogens (tertiary/aromatic N) is 2. The average Bonchev–Trinajstić information content (AvgIpc) is 2.74. The van der Waals surface area contributed by atoms with Crippen LogP contribution in [0.5, 0.6) is 0 Å². The van der Waals surface area contributed by atoms with Gasteiger partial charge in [-0.25, -0.2) is 4.98 Å². The zero-order valence-corrected chi connectivity index (χ0v) is 11.6.